The van der Waals surface area contributed by atoms with Gasteiger partial charge in [0.15, 0.2) is 17.8 Å². The number of carbonyl (C=O) groups is 2. The van der Waals surface area contributed by atoms with Crippen LogP contribution in [-0.2, 0) is 17.8 Å². The summed E-state index contributed by atoms with van der Waals surface area (Å²) in [6.07, 6.45) is -8.41. The Hall–Kier alpha value is -4.77. The van der Waals surface area contributed by atoms with E-state index >= 15 is 0 Å². The van der Waals surface area contributed by atoms with E-state index in [9.17, 15) is 37.1 Å². The van der Waals surface area contributed by atoms with Crippen molar-refractivity contribution < 1.29 is 37.0 Å². The van der Waals surface area contributed by atoms with Gasteiger partial charge in [-0.3, -0.25) is 9.36 Å². The molecule has 4 aromatic rings. The zero-order valence-electron chi connectivity index (χ0n) is 26.0. The fourth-order valence-electron chi connectivity index (χ4n) is 4.84. The maximum atomic E-state index is 14.2. The molecule has 3 heterocycles. The molecule has 1 N–H and O–H groups in total. The molecule has 0 aliphatic carbocycles. The minimum atomic E-state index is -5.02. The van der Waals surface area contributed by atoms with Crippen LogP contribution < -0.4 is 5.69 Å². The maximum Gasteiger partial charge on any atom is 0.416 e. The van der Waals surface area contributed by atoms with Crippen molar-refractivity contribution in [2.75, 3.05) is 26.2 Å². The highest BCUT2D eigenvalue weighted by Crippen LogP contribution is 2.24. The van der Waals surface area contributed by atoms with Gasteiger partial charge in [0, 0.05) is 36.8 Å². The van der Waals surface area contributed by atoms with E-state index in [0.717, 1.165) is 15.4 Å². The van der Waals surface area contributed by atoms with Crippen molar-refractivity contribution in [1.29, 1.82) is 0 Å². The summed E-state index contributed by atoms with van der Waals surface area (Å²) in [5.41, 5.74) is -1.34. The largest absolute Gasteiger partial charge is 0.444 e. The van der Waals surface area contributed by atoms with Crippen molar-refractivity contribution in [3.8, 4) is 17.1 Å². The number of carbonyl (C=O) groups excluding carboxylic acids is 2. The first-order chi connectivity index (χ1) is 22.5. The van der Waals surface area contributed by atoms with Crippen LogP contribution in [0.4, 0.5) is 22.4 Å². The lowest BCUT2D eigenvalue weighted by Crippen LogP contribution is -2.52. The van der Waals surface area contributed by atoms with Crippen LogP contribution in [0.15, 0.2) is 53.3 Å². The van der Waals surface area contributed by atoms with Crippen LogP contribution in [-0.4, -0.2) is 100 Å². The van der Waals surface area contributed by atoms with Gasteiger partial charge in [-0.2, -0.15) is 13.2 Å². The third-order valence-electron chi connectivity index (χ3n) is 7.16. The molecular weight excluding hydrogens is 664 g/mol. The van der Waals surface area contributed by atoms with Gasteiger partial charge in [-0.1, -0.05) is 17.7 Å². The van der Waals surface area contributed by atoms with Gasteiger partial charge >= 0.3 is 18.0 Å². The average Bonchev–Trinajstić information content (AvgIpc) is 3.57. The SMILES string of the molecule is CC(C)(C)OC(=O)N1CCN(C(=O)c2nc(Cn3nc(-c4ccc(Cl)cc4)n(CC(O)C(F)(F)F)c3=O)nn2-c2cccc(F)c2)CC1. The molecular formula is C30H31ClF4N8O5. The van der Waals surface area contributed by atoms with Crippen LogP contribution >= 0.6 is 11.6 Å². The van der Waals surface area contributed by atoms with E-state index in [1.165, 1.54) is 52.3 Å². The number of rotatable bonds is 7. The fourth-order valence-corrected chi connectivity index (χ4v) is 4.97. The number of halogens is 5. The lowest BCUT2D eigenvalue weighted by molar-refractivity contribution is -0.207. The third-order valence-corrected chi connectivity index (χ3v) is 7.42. The Morgan fingerprint density at radius 1 is 1.00 bits per heavy atom. The van der Waals surface area contributed by atoms with Gasteiger partial charge in [0.1, 0.15) is 18.0 Å². The summed E-state index contributed by atoms with van der Waals surface area (Å²) in [7, 11) is 0. The zero-order chi connectivity index (χ0) is 35.0. The van der Waals surface area contributed by atoms with Crippen molar-refractivity contribution >= 4 is 23.6 Å². The van der Waals surface area contributed by atoms with Gasteiger partial charge in [-0.05, 0) is 63.2 Å². The summed E-state index contributed by atoms with van der Waals surface area (Å²) in [4.78, 5) is 46.9. The summed E-state index contributed by atoms with van der Waals surface area (Å²) in [5, 5.41) is 18.6. The molecule has 1 fully saturated rings. The third kappa shape index (κ3) is 7.84. The van der Waals surface area contributed by atoms with Gasteiger partial charge in [0.2, 0.25) is 5.82 Å². The number of alkyl halides is 3. The van der Waals surface area contributed by atoms with E-state index in [1.807, 2.05) is 0 Å². The molecule has 2 aromatic carbocycles. The standard InChI is InChI=1S/C30H31ClF4N8O5/c1-29(2,3)48-28(47)40-13-11-39(12-14-40)26(45)25-36-23(37-43(25)21-6-4-5-20(32)15-21)17-42-27(46)41(16-22(44)30(33,34)35)24(38-42)18-7-9-19(31)10-8-18/h4-10,15,22,44H,11-14,16-17H2,1-3H3. The molecule has 2 aromatic heterocycles. The molecule has 1 unspecified atom stereocenters. The summed E-state index contributed by atoms with van der Waals surface area (Å²) in [6.45, 7) is 4.17. The van der Waals surface area contributed by atoms with Gasteiger partial charge in [-0.25, -0.2) is 28.3 Å². The second-order valence-corrected chi connectivity index (χ2v) is 12.4. The molecule has 1 saturated heterocycles. The smallest absolute Gasteiger partial charge is 0.416 e. The Labute approximate surface area is 275 Å². The molecule has 0 saturated carbocycles. The van der Waals surface area contributed by atoms with Gasteiger partial charge < -0.3 is 19.6 Å². The number of ether oxygens (including phenoxy) is 1. The number of aromatic nitrogens is 6. The van der Waals surface area contributed by atoms with E-state index in [2.05, 4.69) is 15.2 Å². The highest BCUT2D eigenvalue weighted by molar-refractivity contribution is 6.30. The summed E-state index contributed by atoms with van der Waals surface area (Å²) in [6, 6.07) is 11.0. The van der Waals surface area contributed by atoms with Crippen LogP contribution in [0.5, 0.6) is 0 Å². The van der Waals surface area contributed by atoms with Crippen LogP contribution in [0.1, 0.15) is 37.2 Å². The Balaban J connectivity index is 1.47. The molecule has 18 heteroatoms. The predicted octanol–water partition coefficient (Wildman–Crippen LogP) is 3.75. The molecule has 256 valence electrons. The average molecular weight is 695 g/mol. The number of aliphatic hydroxyl groups excluding tert-OH is 1. The molecule has 48 heavy (non-hydrogen) atoms. The van der Waals surface area contributed by atoms with Crippen molar-refractivity contribution in [2.45, 2.75) is 51.7 Å². The second kappa shape index (κ2) is 13.4. The first-order valence-electron chi connectivity index (χ1n) is 14.7. The maximum absolute atomic E-state index is 14.2. The van der Waals surface area contributed by atoms with E-state index < -0.39 is 54.5 Å². The molecule has 1 atom stereocenters. The highest BCUT2D eigenvalue weighted by Gasteiger charge is 2.39. The molecule has 5 rings (SSSR count). The van der Waals surface area contributed by atoms with E-state index in [0.29, 0.717) is 9.59 Å². The lowest BCUT2D eigenvalue weighted by atomic mass is 10.2. The molecule has 0 radical (unpaired) electrons. The Morgan fingerprint density at radius 3 is 2.25 bits per heavy atom. The van der Waals surface area contributed by atoms with Crippen molar-refractivity contribution in [1.82, 2.24) is 38.9 Å². The normalized spacial score (nSPS) is 14.7. The van der Waals surface area contributed by atoms with Crippen LogP contribution in [0.25, 0.3) is 17.1 Å². The quantitative estimate of drug-likeness (QED) is 0.289. The van der Waals surface area contributed by atoms with Crippen molar-refractivity contribution in [2.24, 2.45) is 0 Å². The first kappa shape index (κ1) is 34.6. The number of aliphatic hydroxyl groups is 1. The van der Waals surface area contributed by atoms with E-state index in [4.69, 9.17) is 16.3 Å². The van der Waals surface area contributed by atoms with E-state index in [-0.39, 0.29) is 54.9 Å². The fraction of sp³-hybridized carbons (Fsp3) is 0.400. The molecule has 1 aliphatic rings. The first-order valence-corrected chi connectivity index (χ1v) is 15.1. The highest BCUT2D eigenvalue weighted by atomic mass is 35.5. The summed E-state index contributed by atoms with van der Waals surface area (Å²) < 4.78 is 62.0. The summed E-state index contributed by atoms with van der Waals surface area (Å²) in [5.74, 6) is -1.79. The molecule has 2 amide bonds. The second-order valence-electron chi connectivity index (χ2n) is 11.9. The predicted molar refractivity (Wildman–Crippen MR) is 163 cm³/mol. The Morgan fingerprint density at radius 2 is 1.65 bits per heavy atom. The number of benzene rings is 2. The minimum absolute atomic E-state index is 0.124. The number of nitrogens with zero attached hydrogens (tertiary/aromatic N) is 8. The van der Waals surface area contributed by atoms with Gasteiger partial charge in [-0.15, -0.1) is 10.2 Å². The number of hydrogen-bond acceptors (Lipinski definition) is 8. The number of amides is 2. The molecule has 1 aliphatic heterocycles. The van der Waals surface area contributed by atoms with Crippen LogP contribution in [0.3, 0.4) is 0 Å². The van der Waals surface area contributed by atoms with E-state index in [1.54, 1.807) is 20.8 Å². The lowest BCUT2D eigenvalue weighted by Gasteiger charge is -2.35. The van der Waals surface area contributed by atoms with Crippen LogP contribution in [0, 0.1) is 5.82 Å². The zero-order valence-corrected chi connectivity index (χ0v) is 26.7. The molecule has 13 nitrogen and oxygen atoms in total. The van der Waals surface area contributed by atoms with Gasteiger partial charge in [0.05, 0.1) is 12.2 Å². The Bertz CT molecular complexity index is 1860. The minimum Gasteiger partial charge on any atom is -0.444 e. The van der Waals surface area contributed by atoms with Crippen LogP contribution in [0.2, 0.25) is 5.02 Å². The molecule has 0 bridgehead atoms. The Kier molecular flexibility index (Phi) is 9.64. The molecule has 0 spiro atoms. The van der Waals surface area contributed by atoms with Crippen molar-refractivity contribution in [3.05, 3.63) is 81.5 Å². The summed E-state index contributed by atoms with van der Waals surface area (Å²) >= 11 is 5.95. The van der Waals surface area contributed by atoms with Gasteiger partial charge in [0.25, 0.3) is 5.91 Å². The monoisotopic (exact) mass is 694 g/mol. The number of hydrogen-bond donors (Lipinski definition) is 1. The van der Waals surface area contributed by atoms with Crippen molar-refractivity contribution in [3.63, 3.8) is 0 Å². The number of piperazine rings is 1. The topological polar surface area (TPSA) is 141 Å².